The van der Waals surface area contributed by atoms with Crippen molar-refractivity contribution >= 4 is 21.8 Å². The number of nitrogens with zero attached hydrogens (tertiary/aromatic N) is 1. The highest BCUT2D eigenvalue weighted by Crippen LogP contribution is 2.17. The van der Waals surface area contributed by atoms with Gasteiger partial charge in [-0.25, -0.2) is 0 Å². The zero-order valence-corrected chi connectivity index (χ0v) is 10.9. The molecular weight excluding hydrogens is 236 g/mol. The van der Waals surface area contributed by atoms with Crippen molar-refractivity contribution in [1.82, 2.24) is 9.03 Å². The standard InChI is InChI=1S/C9H19ClN2O2S/c1-3-9(2,8-10)11-15(13,14)12-6-4-5-7-12/h11H,3-8H2,1-2H3. The van der Waals surface area contributed by atoms with Gasteiger partial charge in [-0.3, -0.25) is 0 Å². The van der Waals surface area contributed by atoms with E-state index in [-0.39, 0.29) is 5.88 Å². The molecule has 1 unspecified atom stereocenters. The Morgan fingerprint density at radius 3 is 2.33 bits per heavy atom. The average Bonchev–Trinajstić information content (AvgIpc) is 2.70. The van der Waals surface area contributed by atoms with E-state index in [4.69, 9.17) is 11.6 Å². The molecule has 1 saturated heterocycles. The summed E-state index contributed by atoms with van der Waals surface area (Å²) in [7, 11) is -3.34. The van der Waals surface area contributed by atoms with E-state index in [1.54, 1.807) is 0 Å². The number of halogens is 1. The summed E-state index contributed by atoms with van der Waals surface area (Å²) in [5.41, 5.74) is -0.539. The van der Waals surface area contributed by atoms with Gasteiger partial charge in [0.2, 0.25) is 0 Å². The number of hydrogen-bond acceptors (Lipinski definition) is 2. The molecule has 1 aliphatic rings. The molecule has 0 saturated carbocycles. The van der Waals surface area contributed by atoms with Gasteiger partial charge in [-0.15, -0.1) is 11.6 Å². The van der Waals surface area contributed by atoms with E-state index in [0.29, 0.717) is 19.5 Å². The van der Waals surface area contributed by atoms with E-state index in [2.05, 4.69) is 4.72 Å². The molecule has 0 aromatic heterocycles. The van der Waals surface area contributed by atoms with Crippen molar-refractivity contribution in [2.75, 3.05) is 19.0 Å². The Kier molecular flexibility index (Phi) is 4.40. The second kappa shape index (κ2) is 4.99. The molecule has 1 heterocycles. The Bertz CT molecular complexity index is 295. The van der Waals surface area contributed by atoms with Crippen LogP contribution in [-0.2, 0) is 10.2 Å². The van der Waals surface area contributed by atoms with E-state index in [9.17, 15) is 8.42 Å². The van der Waals surface area contributed by atoms with Gasteiger partial charge in [0.1, 0.15) is 0 Å². The van der Waals surface area contributed by atoms with E-state index in [0.717, 1.165) is 12.8 Å². The van der Waals surface area contributed by atoms with Gasteiger partial charge in [0.15, 0.2) is 0 Å². The van der Waals surface area contributed by atoms with Crippen molar-refractivity contribution in [2.45, 2.75) is 38.6 Å². The number of alkyl halides is 1. The number of rotatable bonds is 5. The van der Waals surface area contributed by atoms with Gasteiger partial charge in [0.05, 0.1) is 0 Å². The van der Waals surface area contributed by atoms with Gasteiger partial charge in [-0.05, 0) is 26.2 Å². The molecule has 0 aromatic carbocycles. The van der Waals surface area contributed by atoms with Crippen LogP contribution in [0.25, 0.3) is 0 Å². The first-order valence-electron chi connectivity index (χ1n) is 5.28. The fourth-order valence-corrected chi connectivity index (χ4v) is 3.54. The van der Waals surface area contributed by atoms with E-state index in [1.165, 1.54) is 4.31 Å². The molecule has 6 heteroatoms. The lowest BCUT2D eigenvalue weighted by Gasteiger charge is -2.29. The summed E-state index contributed by atoms with van der Waals surface area (Å²) in [5.74, 6) is 0.288. The van der Waals surface area contributed by atoms with E-state index >= 15 is 0 Å². The van der Waals surface area contributed by atoms with Crippen LogP contribution in [0.4, 0.5) is 0 Å². The van der Waals surface area contributed by atoms with Crippen molar-refractivity contribution in [3.05, 3.63) is 0 Å². The normalized spacial score (nSPS) is 22.9. The smallest absolute Gasteiger partial charge is 0.195 e. The molecule has 0 spiro atoms. The van der Waals surface area contributed by atoms with Gasteiger partial charge < -0.3 is 0 Å². The van der Waals surface area contributed by atoms with Crippen LogP contribution >= 0.6 is 11.6 Å². The van der Waals surface area contributed by atoms with Crippen LogP contribution < -0.4 is 4.72 Å². The first-order valence-corrected chi connectivity index (χ1v) is 7.26. The van der Waals surface area contributed by atoms with E-state index in [1.807, 2.05) is 13.8 Å². The molecule has 0 aliphatic carbocycles. The molecule has 1 N–H and O–H groups in total. The van der Waals surface area contributed by atoms with Crippen LogP contribution in [0.15, 0.2) is 0 Å². The Balaban J connectivity index is 2.70. The second-order valence-electron chi connectivity index (χ2n) is 4.26. The third kappa shape index (κ3) is 3.31. The third-order valence-corrected chi connectivity index (χ3v) is 5.24. The summed E-state index contributed by atoms with van der Waals surface area (Å²) >= 11 is 5.78. The molecule has 0 radical (unpaired) electrons. The number of nitrogens with one attached hydrogen (secondary N) is 1. The molecule has 1 aliphatic heterocycles. The first-order chi connectivity index (χ1) is 6.93. The summed E-state index contributed by atoms with van der Waals surface area (Å²) in [6.07, 6.45) is 2.58. The minimum Gasteiger partial charge on any atom is -0.195 e. The van der Waals surface area contributed by atoms with Gasteiger partial charge in [0, 0.05) is 24.5 Å². The van der Waals surface area contributed by atoms with Crippen molar-refractivity contribution in [2.24, 2.45) is 0 Å². The topological polar surface area (TPSA) is 49.4 Å². The molecule has 0 bridgehead atoms. The minimum atomic E-state index is -3.34. The summed E-state index contributed by atoms with van der Waals surface area (Å²) in [5, 5.41) is 0. The largest absolute Gasteiger partial charge is 0.279 e. The molecule has 0 aromatic rings. The zero-order chi connectivity index (χ0) is 11.5. The van der Waals surface area contributed by atoms with Crippen LogP contribution in [0, 0.1) is 0 Å². The molecular formula is C9H19ClN2O2S. The van der Waals surface area contributed by atoms with E-state index < -0.39 is 15.7 Å². The molecule has 15 heavy (non-hydrogen) atoms. The predicted molar refractivity (Wildman–Crippen MR) is 62.3 cm³/mol. The summed E-state index contributed by atoms with van der Waals surface area (Å²) in [6.45, 7) is 5.00. The lowest BCUT2D eigenvalue weighted by molar-refractivity contribution is 0.404. The molecule has 1 atom stereocenters. The Morgan fingerprint density at radius 2 is 1.93 bits per heavy atom. The van der Waals surface area contributed by atoms with Crippen molar-refractivity contribution in [3.8, 4) is 0 Å². The molecule has 1 rings (SSSR count). The summed E-state index contributed by atoms with van der Waals surface area (Å²) in [6, 6.07) is 0. The maximum Gasteiger partial charge on any atom is 0.279 e. The highest BCUT2D eigenvalue weighted by atomic mass is 35.5. The highest BCUT2D eigenvalue weighted by Gasteiger charge is 2.32. The van der Waals surface area contributed by atoms with Gasteiger partial charge in [-0.2, -0.15) is 17.4 Å². The van der Waals surface area contributed by atoms with Crippen LogP contribution in [-0.4, -0.2) is 37.2 Å². The van der Waals surface area contributed by atoms with Gasteiger partial charge in [-0.1, -0.05) is 6.92 Å². The second-order valence-corrected chi connectivity index (χ2v) is 6.20. The lowest BCUT2D eigenvalue weighted by atomic mass is 10.0. The van der Waals surface area contributed by atoms with Crippen molar-refractivity contribution < 1.29 is 8.42 Å². The molecule has 0 amide bonds. The summed E-state index contributed by atoms with van der Waals surface area (Å²) < 4.78 is 28.0. The molecule has 4 nitrogen and oxygen atoms in total. The Morgan fingerprint density at radius 1 is 1.40 bits per heavy atom. The van der Waals surface area contributed by atoms with Crippen LogP contribution in [0.5, 0.6) is 0 Å². The van der Waals surface area contributed by atoms with Crippen molar-refractivity contribution in [3.63, 3.8) is 0 Å². The zero-order valence-electron chi connectivity index (χ0n) is 9.29. The maximum absolute atomic E-state index is 11.9. The minimum absolute atomic E-state index is 0.288. The Hall–Kier alpha value is 0.160. The number of hydrogen-bond donors (Lipinski definition) is 1. The quantitative estimate of drug-likeness (QED) is 0.753. The predicted octanol–water partition coefficient (Wildman–Crippen LogP) is 1.32. The van der Waals surface area contributed by atoms with Gasteiger partial charge >= 0.3 is 0 Å². The monoisotopic (exact) mass is 254 g/mol. The SMILES string of the molecule is CCC(C)(CCl)NS(=O)(=O)N1CCCC1. The van der Waals surface area contributed by atoms with Crippen molar-refractivity contribution in [1.29, 1.82) is 0 Å². The van der Waals surface area contributed by atoms with Crippen LogP contribution in [0.1, 0.15) is 33.1 Å². The molecule has 90 valence electrons. The van der Waals surface area contributed by atoms with Crippen LogP contribution in [0.2, 0.25) is 0 Å². The average molecular weight is 255 g/mol. The van der Waals surface area contributed by atoms with Crippen LogP contribution in [0.3, 0.4) is 0 Å². The molecule has 1 fully saturated rings. The first kappa shape index (κ1) is 13.2. The highest BCUT2D eigenvalue weighted by molar-refractivity contribution is 7.87. The fourth-order valence-electron chi connectivity index (χ4n) is 1.50. The van der Waals surface area contributed by atoms with Gasteiger partial charge in [0.25, 0.3) is 10.2 Å². The maximum atomic E-state index is 11.9. The third-order valence-electron chi connectivity index (χ3n) is 2.86. The lowest BCUT2D eigenvalue weighted by Crippen LogP contribution is -2.52. The summed E-state index contributed by atoms with van der Waals surface area (Å²) in [4.78, 5) is 0. The Labute approximate surface area is 97.2 Å². The fraction of sp³-hybridized carbons (Fsp3) is 1.00.